The number of hydrogen-bond donors (Lipinski definition) is 1. The third-order valence-electron chi connectivity index (χ3n) is 2.85. The molecule has 0 spiro atoms. The summed E-state index contributed by atoms with van der Waals surface area (Å²) < 4.78 is 26.8. The molecule has 0 saturated carbocycles. The Morgan fingerprint density at radius 1 is 1.47 bits per heavy atom. The SMILES string of the molecule is CC(C)C(=O)N1CCC(C)(O)C(F)(F)C1. The highest BCUT2D eigenvalue weighted by Crippen LogP contribution is 2.36. The molecule has 0 bridgehead atoms. The fourth-order valence-corrected chi connectivity index (χ4v) is 1.58. The molecule has 0 radical (unpaired) electrons. The van der Waals surface area contributed by atoms with Crippen LogP contribution in [0.4, 0.5) is 8.78 Å². The maximum absolute atomic E-state index is 13.4. The standard InChI is InChI=1S/C10H17F2NO2/c1-7(2)8(14)13-5-4-9(3,15)10(11,12)6-13/h7,15H,4-6H2,1-3H3. The van der Waals surface area contributed by atoms with Crippen LogP contribution >= 0.6 is 0 Å². The van der Waals surface area contributed by atoms with Crippen molar-refractivity contribution in [3.8, 4) is 0 Å². The molecule has 0 aliphatic carbocycles. The first-order valence-electron chi connectivity index (χ1n) is 5.06. The van der Waals surface area contributed by atoms with Gasteiger partial charge in [0.25, 0.3) is 5.92 Å². The number of nitrogens with zero attached hydrogens (tertiary/aromatic N) is 1. The zero-order valence-corrected chi connectivity index (χ0v) is 9.26. The van der Waals surface area contributed by atoms with Gasteiger partial charge >= 0.3 is 0 Å². The number of aliphatic hydroxyl groups is 1. The van der Waals surface area contributed by atoms with Crippen molar-refractivity contribution in [3.63, 3.8) is 0 Å². The molecule has 1 atom stereocenters. The van der Waals surface area contributed by atoms with E-state index >= 15 is 0 Å². The van der Waals surface area contributed by atoms with Crippen molar-refractivity contribution in [2.24, 2.45) is 5.92 Å². The van der Waals surface area contributed by atoms with E-state index in [0.717, 1.165) is 11.8 Å². The van der Waals surface area contributed by atoms with E-state index in [9.17, 15) is 18.7 Å². The number of halogens is 2. The summed E-state index contributed by atoms with van der Waals surface area (Å²) in [6, 6.07) is 0. The molecule has 1 N–H and O–H groups in total. The topological polar surface area (TPSA) is 40.5 Å². The lowest BCUT2D eigenvalue weighted by atomic mass is 9.89. The second kappa shape index (κ2) is 3.70. The van der Waals surface area contributed by atoms with Crippen molar-refractivity contribution in [3.05, 3.63) is 0 Å². The lowest BCUT2D eigenvalue weighted by molar-refractivity contribution is -0.208. The number of hydrogen-bond acceptors (Lipinski definition) is 2. The molecule has 1 aliphatic heterocycles. The van der Waals surface area contributed by atoms with Crippen LogP contribution in [0.25, 0.3) is 0 Å². The van der Waals surface area contributed by atoms with E-state index in [0.29, 0.717) is 0 Å². The predicted octanol–water partition coefficient (Wildman–Crippen LogP) is 1.26. The molecule has 1 heterocycles. The molecule has 0 aromatic carbocycles. The van der Waals surface area contributed by atoms with E-state index in [-0.39, 0.29) is 24.8 Å². The minimum atomic E-state index is -3.23. The maximum Gasteiger partial charge on any atom is 0.293 e. The van der Waals surface area contributed by atoms with Crippen LogP contribution in [0.2, 0.25) is 0 Å². The lowest BCUT2D eigenvalue weighted by Gasteiger charge is -2.42. The molecule has 15 heavy (non-hydrogen) atoms. The summed E-state index contributed by atoms with van der Waals surface area (Å²) in [6.07, 6.45) is -0.0849. The molecule has 88 valence electrons. The van der Waals surface area contributed by atoms with E-state index in [2.05, 4.69) is 0 Å². The predicted molar refractivity (Wildman–Crippen MR) is 51.6 cm³/mol. The first-order chi connectivity index (χ1) is 6.67. The van der Waals surface area contributed by atoms with Crippen molar-refractivity contribution in [1.82, 2.24) is 4.90 Å². The average Bonchev–Trinajstić information content (AvgIpc) is 2.08. The Bertz CT molecular complexity index is 264. The molecule has 1 fully saturated rings. The minimum absolute atomic E-state index is 0.0849. The van der Waals surface area contributed by atoms with Gasteiger partial charge in [-0.05, 0) is 13.3 Å². The van der Waals surface area contributed by atoms with Gasteiger partial charge in [-0.15, -0.1) is 0 Å². The second-order valence-electron chi connectivity index (χ2n) is 4.64. The minimum Gasteiger partial charge on any atom is -0.384 e. The van der Waals surface area contributed by atoms with Crippen LogP contribution in [0.1, 0.15) is 27.2 Å². The molecule has 3 nitrogen and oxygen atoms in total. The Balaban J connectivity index is 2.75. The summed E-state index contributed by atoms with van der Waals surface area (Å²) in [5, 5.41) is 9.45. The van der Waals surface area contributed by atoms with Gasteiger partial charge in [-0.1, -0.05) is 13.8 Å². The molecular formula is C10H17F2NO2. The fourth-order valence-electron chi connectivity index (χ4n) is 1.58. The molecule has 0 aromatic rings. The van der Waals surface area contributed by atoms with E-state index in [4.69, 9.17) is 0 Å². The highest BCUT2D eigenvalue weighted by Gasteiger charge is 2.53. The van der Waals surface area contributed by atoms with Crippen LogP contribution in [0.5, 0.6) is 0 Å². The molecular weight excluding hydrogens is 204 g/mol. The van der Waals surface area contributed by atoms with E-state index < -0.39 is 18.1 Å². The summed E-state index contributed by atoms with van der Waals surface area (Å²) in [5.74, 6) is -3.80. The third-order valence-corrected chi connectivity index (χ3v) is 2.85. The van der Waals surface area contributed by atoms with Crippen LogP contribution in [0, 0.1) is 5.92 Å². The highest BCUT2D eigenvalue weighted by atomic mass is 19.3. The number of likely N-dealkylation sites (tertiary alicyclic amines) is 1. The summed E-state index contributed by atoms with van der Waals surface area (Å²) >= 11 is 0. The van der Waals surface area contributed by atoms with Crippen LogP contribution in [0.3, 0.4) is 0 Å². The van der Waals surface area contributed by atoms with E-state index in [1.165, 1.54) is 0 Å². The Kier molecular flexibility index (Phi) is 3.05. The first-order valence-corrected chi connectivity index (χ1v) is 5.06. The first kappa shape index (κ1) is 12.4. The number of amides is 1. The largest absolute Gasteiger partial charge is 0.384 e. The Morgan fingerprint density at radius 3 is 2.40 bits per heavy atom. The van der Waals surface area contributed by atoms with Gasteiger partial charge in [0.15, 0.2) is 0 Å². The zero-order chi connectivity index (χ0) is 11.9. The fraction of sp³-hybridized carbons (Fsp3) is 0.900. The van der Waals surface area contributed by atoms with Gasteiger partial charge in [-0.2, -0.15) is 0 Å². The molecule has 1 amide bonds. The van der Waals surface area contributed by atoms with Gasteiger partial charge in [-0.25, -0.2) is 8.78 Å². The van der Waals surface area contributed by atoms with Gasteiger partial charge in [0.1, 0.15) is 5.60 Å². The van der Waals surface area contributed by atoms with Crippen molar-refractivity contribution in [2.75, 3.05) is 13.1 Å². The summed E-state index contributed by atoms with van der Waals surface area (Å²) in [4.78, 5) is 12.6. The maximum atomic E-state index is 13.4. The number of carbonyl (C=O) groups is 1. The van der Waals surface area contributed by atoms with Crippen LogP contribution < -0.4 is 0 Å². The van der Waals surface area contributed by atoms with Gasteiger partial charge in [0.2, 0.25) is 5.91 Å². The Labute approximate surface area is 88.1 Å². The quantitative estimate of drug-likeness (QED) is 0.724. The summed E-state index contributed by atoms with van der Waals surface area (Å²) in [7, 11) is 0. The van der Waals surface area contributed by atoms with Crippen LogP contribution in [-0.4, -0.2) is 40.5 Å². The van der Waals surface area contributed by atoms with Crippen LogP contribution in [-0.2, 0) is 4.79 Å². The number of alkyl halides is 2. The molecule has 1 saturated heterocycles. The summed E-state index contributed by atoms with van der Waals surface area (Å²) in [6.45, 7) is 3.97. The molecule has 1 aliphatic rings. The third kappa shape index (κ3) is 2.27. The zero-order valence-electron chi connectivity index (χ0n) is 9.26. The van der Waals surface area contributed by atoms with Crippen molar-refractivity contribution in [1.29, 1.82) is 0 Å². The smallest absolute Gasteiger partial charge is 0.293 e. The van der Waals surface area contributed by atoms with Gasteiger partial charge in [-0.3, -0.25) is 4.79 Å². The monoisotopic (exact) mass is 221 g/mol. The molecule has 1 unspecified atom stereocenters. The average molecular weight is 221 g/mol. The Hall–Kier alpha value is -0.710. The number of rotatable bonds is 1. The molecule has 5 heteroatoms. The van der Waals surface area contributed by atoms with E-state index in [1.807, 2.05) is 0 Å². The Morgan fingerprint density at radius 2 is 2.00 bits per heavy atom. The van der Waals surface area contributed by atoms with Gasteiger partial charge in [0.05, 0.1) is 6.54 Å². The van der Waals surface area contributed by atoms with Gasteiger partial charge in [0, 0.05) is 12.5 Å². The van der Waals surface area contributed by atoms with Gasteiger partial charge < -0.3 is 10.0 Å². The van der Waals surface area contributed by atoms with Crippen molar-refractivity contribution < 1.29 is 18.7 Å². The molecule has 1 rings (SSSR count). The highest BCUT2D eigenvalue weighted by molar-refractivity contribution is 5.78. The summed E-state index contributed by atoms with van der Waals surface area (Å²) in [5.41, 5.74) is -2.00. The second-order valence-corrected chi connectivity index (χ2v) is 4.64. The number of piperidine rings is 1. The van der Waals surface area contributed by atoms with Crippen LogP contribution in [0.15, 0.2) is 0 Å². The molecule has 0 aromatic heterocycles. The van der Waals surface area contributed by atoms with Crippen molar-refractivity contribution >= 4 is 5.91 Å². The lowest BCUT2D eigenvalue weighted by Crippen LogP contribution is -2.60. The van der Waals surface area contributed by atoms with Crippen molar-refractivity contribution in [2.45, 2.75) is 38.7 Å². The normalized spacial score (nSPS) is 30.7. The number of carbonyl (C=O) groups excluding carboxylic acids is 1. The van der Waals surface area contributed by atoms with E-state index in [1.54, 1.807) is 13.8 Å².